The van der Waals surface area contributed by atoms with E-state index in [2.05, 4.69) is 10.3 Å². The molecule has 0 fully saturated rings. The molecule has 2 aromatic rings. The van der Waals surface area contributed by atoms with Crippen LogP contribution in [0.15, 0.2) is 52.5 Å². The molecule has 8 nitrogen and oxygen atoms in total. The van der Waals surface area contributed by atoms with Gasteiger partial charge in [-0.1, -0.05) is 13.8 Å². The van der Waals surface area contributed by atoms with Gasteiger partial charge in [-0.25, -0.2) is 13.4 Å². The average Bonchev–Trinajstić information content (AvgIpc) is 2.64. The molecule has 1 N–H and O–H groups in total. The van der Waals surface area contributed by atoms with Crippen LogP contribution in [0.1, 0.15) is 24.2 Å². The number of amides is 1. The summed E-state index contributed by atoms with van der Waals surface area (Å²) in [5.41, 5.74) is 0.155. The van der Waals surface area contributed by atoms with Gasteiger partial charge < -0.3 is 5.32 Å². The van der Waals surface area contributed by atoms with Gasteiger partial charge in [0.1, 0.15) is 0 Å². The zero-order chi connectivity index (χ0) is 19.2. The first-order chi connectivity index (χ1) is 12.4. The molecule has 2 rings (SSSR count). The molecule has 0 aliphatic rings. The van der Waals surface area contributed by atoms with Gasteiger partial charge >= 0.3 is 0 Å². The van der Waals surface area contributed by atoms with Crippen LogP contribution in [0.25, 0.3) is 0 Å². The molecule has 26 heavy (non-hydrogen) atoms. The lowest BCUT2D eigenvalue weighted by atomic mass is 10.2. The third-order valence-electron chi connectivity index (χ3n) is 3.89. The third-order valence-corrected chi connectivity index (χ3v) is 5.95. The summed E-state index contributed by atoms with van der Waals surface area (Å²) >= 11 is 0. The summed E-state index contributed by atoms with van der Waals surface area (Å²) in [5.74, 6) is -0.339. The van der Waals surface area contributed by atoms with Gasteiger partial charge in [0.25, 0.3) is 11.5 Å². The van der Waals surface area contributed by atoms with Crippen molar-refractivity contribution in [2.24, 2.45) is 0 Å². The van der Waals surface area contributed by atoms with Gasteiger partial charge in [-0.3, -0.25) is 14.2 Å². The topological polar surface area (TPSA) is 101 Å². The number of nitrogens with zero attached hydrogens (tertiary/aromatic N) is 3. The molecule has 140 valence electrons. The van der Waals surface area contributed by atoms with Crippen molar-refractivity contribution in [1.29, 1.82) is 0 Å². The van der Waals surface area contributed by atoms with E-state index in [0.29, 0.717) is 25.2 Å². The van der Waals surface area contributed by atoms with E-state index < -0.39 is 10.0 Å². The van der Waals surface area contributed by atoms with Gasteiger partial charge in [0.15, 0.2) is 0 Å². The first kappa shape index (κ1) is 19.8. The summed E-state index contributed by atoms with van der Waals surface area (Å²) in [5, 5.41) is 2.69. The third kappa shape index (κ3) is 4.55. The van der Waals surface area contributed by atoms with E-state index in [1.807, 2.05) is 0 Å². The van der Waals surface area contributed by atoms with Crippen molar-refractivity contribution >= 4 is 15.9 Å². The molecular weight excluding hydrogens is 356 g/mol. The quantitative estimate of drug-likeness (QED) is 0.729. The van der Waals surface area contributed by atoms with Gasteiger partial charge in [-0.15, -0.1) is 0 Å². The standard InChI is InChI=1S/C17H22N4O4S/c1-3-21(4-2)26(24,25)15-7-5-14(6-8-15)17(23)19-11-12-20-13-18-10-9-16(20)22/h5-10,13H,3-4,11-12H2,1-2H3,(H,19,23). The Balaban J connectivity index is 2.00. The fourth-order valence-electron chi connectivity index (χ4n) is 2.43. The highest BCUT2D eigenvalue weighted by Gasteiger charge is 2.21. The van der Waals surface area contributed by atoms with Gasteiger partial charge in [0.05, 0.1) is 11.2 Å². The van der Waals surface area contributed by atoms with E-state index in [1.165, 1.54) is 51.7 Å². The number of benzene rings is 1. The molecule has 0 atom stereocenters. The van der Waals surface area contributed by atoms with E-state index in [1.54, 1.807) is 13.8 Å². The molecule has 1 aromatic carbocycles. The Morgan fingerprint density at radius 3 is 2.38 bits per heavy atom. The molecule has 1 amide bonds. The fourth-order valence-corrected chi connectivity index (χ4v) is 3.89. The van der Waals surface area contributed by atoms with E-state index in [0.717, 1.165) is 0 Å². The van der Waals surface area contributed by atoms with Crippen LogP contribution in [0.2, 0.25) is 0 Å². The maximum Gasteiger partial charge on any atom is 0.253 e. The lowest BCUT2D eigenvalue weighted by Crippen LogP contribution is -2.31. The molecule has 0 saturated heterocycles. The lowest BCUT2D eigenvalue weighted by Gasteiger charge is -2.18. The van der Waals surface area contributed by atoms with Crippen LogP contribution in [-0.4, -0.2) is 47.8 Å². The van der Waals surface area contributed by atoms with Crippen LogP contribution in [-0.2, 0) is 16.6 Å². The Kier molecular flexibility index (Phi) is 6.64. The summed E-state index contributed by atoms with van der Waals surface area (Å²) < 4.78 is 27.6. The molecule has 1 heterocycles. The van der Waals surface area contributed by atoms with Gasteiger partial charge in [-0.05, 0) is 24.3 Å². The second kappa shape index (κ2) is 8.72. The first-order valence-corrected chi connectivity index (χ1v) is 9.73. The van der Waals surface area contributed by atoms with Crippen molar-refractivity contribution in [2.45, 2.75) is 25.3 Å². The number of rotatable bonds is 8. The number of nitrogens with one attached hydrogen (secondary N) is 1. The van der Waals surface area contributed by atoms with Gasteiger partial charge in [0, 0.05) is 44.0 Å². The molecule has 0 radical (unpaired) electrons. The highest BCUT2D eigenvalue weighted by molar-refractivity contribution is 7.89. The van der Waals surface area contributed by atoms with Crippen molar-refractivity contribution in [1.82, 2.24) is 19.2 Å². The van der Waals surface area contributed by atoms with E-state index >= 15 is 0 Å². The second-order valence-electron chi connectivity index (χ2n) is 5.48. The summed E-state index contributed by atoms with van der Waals surface area (Å²) in [4.78, 5) is 27.7. The Bertz CT molecular complexity index is 903. The minimum absolute atomic E-state index is 0.152. The number of carbonyl (C=O) groups excluding carboxylic acids is 1. The van der Waals surface area contributed by atoms with Crippen molar-refractivity contribution < 1.29 is 13.2 Å². The molecule has 0 spiro atoms. The monoisotopic (exact) mass is 378 g/mol. The van der Waals surface area contributed by atoms with Gasteiger partial charge in [0.2, 0.25) is 10.0 Å². The number of hydrogen-bond donors (Lipinski definition) is 1. The Hall–Kier alpha value is -2.52. The maximum absolute atomic E-state index is 12.4. The van der Waals surface area contributed by atoms with Crippen LogP contribution in [0.3, 0.4) is 0 Å². The Morgan fingerprint density at radius 2 is 1.81 bits per heavy atom. The van der Waals surface area contributed by atoms with Crippen LogP contribution < -0.4 is 10.9 Å². The summed E-state index contributed by atoms with van der Waals surface area (Å²) in [6.07, 6.45) is 2.81. The van der Waals surface area contributed by atoms with E-state index in [-0.39, 0.29) is 22.9 Å². The zero-order valence-corrected chi connectivity index (χ0v) is 15.6. The van der Waals surface area contributed by atoms with Crippen molar-refractivity contribution in [3.8, 4) is 0 Å². The number of carbonyl (C=O) groups is 1. The molecule has 0 bridgehead atoms. The Labute approximate surface area is 152 Å². The highest BCUT2D eigenvalue weighted by atomic mass is 32.2. The molecule has 1 aromatic heterocycles. The minimum atomic E-state index is -3.54. The Morgan fingerprint density at radius 1 is 1.15 bits per heavy atom. The van der Waals surface area contributed by atoms with E-state index in [4.69, 9.17) is 0 Å². The van der Waals surface area contributed by atoms with Crippen LogP contribution in [0, 0.1) is 0 Å². The molecule has 0 aliphatic heterocycles. The average molecular weight is 378 g/mol. The summed E-state index contributed by atoms with van der Waals surface area (Å²) in [6.45, 7) is 4.87. The molecular formula is C17H22N4O4S. The SMILES string of the molecule is CCN(CC)S(=O)(=O)c1ccc(C(=O)NCCn2cnccc2=O)cc1. The zero-order valence-electron chi connectivity index (χ0n) is 14.8. The first-order valence-electron chi connectivity index (χ1n) is 8.29. The van der Waals surface area contributed by atoms with Gasteiger partial charge in [-0.2, -0.15) is 4.31 Å². The molecule has 0 aliphatic carbocycles. The predicted octanol–water partition coefficient (Wildman–Crippen LogP) is 0.704. The fraction of sp³-hybridized carbons (Fsp3) is 0.353. The predicted molar refractivity (Wildman–Crippen MR) is 97.4 cm³/mol. The normalized spacial score (nSPS) is 11.5. The molecule has 0 saturated carbocycles. The summed E-state index contributed by atoms with van der Waals surface area (Å²) in [7, 11) is -3.54. The smallest absolute Gasteiger partial charge is 0.253 e. The second-order valence-corrected chi connectivity index (χ2v) is 7.42. The number of sulfonamides is 1. The maximum atomic E-state index is 12.4. The molecule has 9 heteroatoms. The highest BCUT2D eigenvalue weighted by Crippen LogP contribution is 2.16. The van der Waals surface area contributed by atoms with Crippen LogP contribution >= 0.6 is 0 Å². The van der Waals surface area contributed by atoms with Crippen LogP contribution in [0.5, 0.6) is 0 Å². The minimum Gasteiger partial charge on any atom is -0.350 e. The van der Waals surface area contributed by atoms with Crippen LogP contribution in [0.4, 0.5) is 0 Å². The summed E-state index contributed by atoms with van der Waals surface area (Å²) in [6, 6.07) is 7.14. The largest absolute Gasteiger partial charge is 0.350 e. The van der Waals surface area contributed by atoms with E-state index in [9.17, 15) is 18.0 Å². The number of aromatic nitrogens is 2. The lowest BCUT2D eigenvalue weighted by molar-refractivity contribution is 0.0952. The van der Waals surface area contributed by atoms with Crippen molar-refractivity contribution in [3.63, 3.8) is 0 Å². The van der Waals surface area contributed by atoms with Crippen molar-refractivity contribution in [3.05, 3.63) is 58.8 Å². The van der Waals surface area contributed by atoms with Crippen molar-refractivity contribution in [2.75, 3.05) is 19.6 Å². The molecule has 0 unspecified atom stereocenters. The number of hydrogen-bond acceptors (Lipinski definition) is 5.